The zero-order valence-electron chi connectivity index (χ0n) is 17.0. The first-order valence-corrected chi connectivity index (χ1v) is 9.84. The van der Waals surface area contributed by atoms with Gasteiger partial charge in [0, 0.05) is 38.8 Å². The molecule has 0 bridgehead atoms. The summed E-state index contributed by atoms with van der Waals surface area (Å²) >= 11 is 0. The van der Waals surface area contributed by atoms with Crippen LogP contribution in [0.25, 0.3) is 0 Å². The van der Waals surface area contributed by atoms with Gasteiger partial charge in [0.25, 0.3) is 0 Å². The number of hydrogen-bond donors (Lipinski definition) is 2. The molecule has 1 aliphatic carbocycles. The lowest BCUT2D eigenvalue weighted by Crippen LogP contribution is -2.56. The van der Waals surface area contributed by atoms with E-state index in [2.05, 4.69) is 64.7 Å². The van der Waals surface area contributed by atoms with Gasteiger partial charge >= 0.3 is 0 Å². The Labute approximate surface area is 181 Å². The molecule has 0 atom stereocenters. The number of halogens is 1. The topological polar surface area (TPSA) is 48.9 Å². The van der Waals surface area contributed by atoms with Crippen molar-refractivity contribution >= 4 is 29.9 Å². The van der Waals surface area contributed by atoms with E-state index < -0.39 is 0 Å². The minimum absolute atomic E-state index is 0. The standard InChI is InChI=1S/C21H34N4O.HI/c1-20(2,25-11-13-26-14-12-25)16-23-19(22-3)24-17-21(9-10-21)15-18-7-5-4-6-8-18;/h4-8H,9-17H2,1-3H3,(H2,22,23,24);1H. The van der Waals surface area contributed by atoms with Crippen LogP contribution in [-0.2, 0) is 11.2 Å². The summed E-state index contributed by atoms with van der Waals surface area (Å²) in [5.41, 5.74) is 1.92. The molecule has 3 rings (SSSR count). The van der Waals surface area contributed by atoms with Crippen molar-refractivity contribution in [1.29, 1.82) is 0 Å². The maximum atomic E-state index is 5.48. The summed E-state index contributed by atoms with van der Waals surface area (Å²) in [7, 11) is 1.85. The van der Waals surface area contributed by atoms with Gasteiger partial charge in [-0.25, -0.2) is 0 Å². The van der Waals surface area contributed by atoms with E-state index in [1.165, 1.54) is 18.4 Å². The van der Waals surface area contributed by atoms with Gasteiger partial charge in [0.2, 0.25) is 0 Å². The van der Waals surface area contributed by atoms with Crippen molar-refractivity contribution in [2.24, 2.45) is 10.4 Å². The number of guanidine groups is 1. The van der Waals surface area contributed by atoms with E-state index >= 15 is 0 Å². The molecule has 152 valence electrons. The second-order valence-corrected chi connectivity index (χ2v) is 8.35. The predicted octanol–water partition coefficient (Wildman–Crippen LogP) is 2.90. The van der Waals surface area contributed by atoms with E-state index in [9.17, 15) is 0 Å². The third-order valence-electron chi connectivity index (χ3n) is 5.79. The minimum Gasteiger partial charge on any atom is -0.379 e. The summed E-state index contributed by atoms with van der Waals surface area (Å²) in [6.07, 6.45) is 3.74. The van der Waals surface area contributed by atoms with Gasteiger partial charge in [-0.15, -0.1) is 24.0 Å². The molecule has 27 heavy (non-hydrogen) atoms. The van der Waals surface area contributed by atoms with Gasteiger partial charge in [0.05, 0.1) is 13.2 Å². The Morgan fingerprint density at radius 3 is 2.41 bits per heavy atom. The zero-order valence-corrected chi connectivity index (χ0v) is 19.3. The highest BCUT2D eigenvalue weighted by Crippen LogP contribution is 2.47. The van der Waals surface area contributed by atoms with E-state index in [0.717, 1.165) is 51.8 Å². The van der Waals surface area contributed by atoms with Crippen LogP contribution in [0.4, 0.5) is 0 Å². The molecule has 0 spiro atoms. The smallest absolute Gasteiger partial charge is 0.191 e. The molecule has 2 aliphatic rings. The number of nitrogens with zero attached hydrogens (tertiary/aromatic N) is 2. The molecular weight excluding hydrogens is 451 g/mol. The van der Waals surface area contributed by atoms with Crippen LogP contribution in [0.1, 0.15) is 32.3 Å². The van der Waals surface area contributed by atoms with Crippen molar-refractivity contribution in [3.63, 3.8) is 0 Å². The molecule has 1 aromatic carbocycles. The summed E-state index contributed by atoms with van der Waals surface area (Å²) in [6, 6.07) is 10.8. The Kier molecular flexibility index (Phi) is 8.37. The van der Waals surface area contributed by atoms with Crippen LogP contribution >= 0.6 is 24.0 Å². The molecule has 2 fully saturated rings. The Hall–Kier alpha value is -0.860. The Bertz CT molecular complexity index is 595. The molecule has 0 amide bonds. The van der Waals surface area contributed by atoms with Crippen LogP contribution in [0.15, 0.2) is 35.3 Å². The number of aliphatic imine (C=N–C) groups is 1. The Morgan fingerprint density at radius 2 is 1.81 bits per heavy atom. The Morgan fingerprint density at radius 1 is 1.15 bits per heavy atom. The number of benzene rings is 1. The lowest BCUT2D eigenvalue weighted by Gasteiger charge is -2.41. The minimum atomic E-state index is 0. The predicted molar refractivity (Wildman–Crippen MR) is 123 cm³/mol. The number of ether oxygens (including phenoxy) is 1. The quantitative estimate of drug-likeness (QED) is 0.354. The fraction of sp³-hybridized carbons (Fsp3) is 0.667. The first-order chi connectivity index (χ1) is 12.5. The molecular formula is C21H35IN4O. The van der Waals surface area contributed by atoms with Crippen LogP contribution in [0.3, 0.4) is 0 Å². The highest BCUT2D eigenvalue weighted by atomic mass is 127. The van der Waals surface area contributed by atoms with Gasteiger partial charge in [0.1, 0.15) is 0 Å². The van der Waals surface area contributed by atoms with Crippen molar-refractivity contribution < 1.29 is 4.74 Å². The third kappa shape index (κ3) is 6.61. The van der Waals surface area contributed by atoms with Crippen LogP contribution in [-0.4, -0.2) is 62.8 Å². The number of nitrogens with one attached hydrogen (secondary N) is 2. The molecule has 0 aromatic heterocycles. The molecule has 1 aliphatic heterocycles. The van der Waals surface area contributed by atoms with Crippen molar-refractivity contribution in [2.45, 2.75) is 38.6 Å². The molecule has 1 saturated heterocycles. The number of rotatable bonds is 7. The zero-order chi connectivity index (χ0) is 18.5. The third-order valence-corrected chi connectivity index (χ3v) is 5.79. The molecule has 0 unspecified atom stereocenters. The molecule has 1 aromatic rings. The molecule has 2 N–H and O–H groups in total. The number of morpholine rings is 1. The summed E-state index contributed by atoms with van der Waals surface area (Å²) in [5.74, 6) is 0.908. The second kappa shape index (κ2) is 10.1. The van der Waals surface area contributed by atoms with Gasteiger partial charge in [-0.05, 0) is 44.1 Å². The van der Waals surface area contributed by atoms with Crippen molar-refractivity contribution in [3.8, 4) is 0 Å². The van der Waals surface area contributed by atoms with Gasteiger partial charge in [-0.2, -0.15) is 0 Å². The van der Waals surface area contributed by atoms with E-state index in [1.807, 2.05) is 7.05 Å². The first kappa shape index (κ1) is 22.4. The maximum absolute atomic E-state index is 5.48. The van der Waals surface area contributed by atoms with Crippen LogP contribution in [0, 0.1) is 5.41 Å². The maximum Gasteiger partial charge on any atom is 0.191 e. The first-order valence-electron chi connectivity index (χ1n) is 9.84. The van der Waals surface area contributed by atoms with Crippen molar-refractivity contribution in [3.05, 3.63) is 35.9 Å². The van der Waals surface area contributed by atoms with E-state index in [1.54, 1.807) is 0 Å². The van der Waals surface area contributed by atoms with Crippen LogP contribution in [0.2, 0.25) is 0 Å². The summed E-state index contributed by atoms with van der Waals surface area (Å²) in [4.78, 5) is 6.92. The highest BCUT2D eigenvalue weighted by molar-refractivity contribution is 14.0. The number of hydrogen-bond acceptors (Lipinski definition) is 3. The molecule has 5 nitrogen and oxygen atoms in total. The SMILES string of the molecule is CN=C(NCC1(Cc2ccccc2)CC1)NCC(C)(C)N1CCOCC1.I. The fourth-order valence-electron chi connectivity index (χ4n) is 3.69. The van der Waals surface area contributed by atoms with Crippen molar-refractivity contribution in [2.75, 3.05) is 46.4 Å². The average molecular weight is 486 g/mol. The molecule has 0 radical (unpaired) electrons. The average Bonchev–Trinajstić information content (AvgIpc) is 3.43. The largest absolute Gasteiger partial charge is 0.379 e. The lowest BCUT2D eigenvalue weighted by molar-refractivity contribution is -0.00834. The van der Waals surface area contributed by atoms with E-state index in [4.69, 9.17) is 4.74 Å². The molecule has 6 heteroatoms. The van der Waals surface area contributed by atoms with Crippen LogP contribution in [0.5, 0.6) is 0 Å². The van der Waals surface area contributed by atoms with E-state index in [-0.39, 0.29) is 29.5 Å². The summed E-state index contributed by atoms with van der Waals surface area (Å²) in [5, 5.41) is 7.09. The second-order valence-electron chi connectivity index (χ2n) is 8.35. The normalized spacial score (nSPS) is 19.9. The highest BCUT2D eigenvalue weighted by Gasteiger charge is 2.42. The summed E-state index contributed by atoms with van der Waals surface area (Å²) in [6.45, 7) is 10.1. The monoisotopic (exact) mass is 486 g/mol. The van der Waals surface area contributed by atoms with E-state index in [0.29, 0.717) is 5.41 Å². The Balaban J connectivity index is 0.00000261. The van der Waals surface area contributed by atoms with Gasteiger partial charge in [-0.1, -0.05) is 30.3 Å². The van der Waals surface area contributed by atoms with Crippen molar-refractivity contribution in [1.82, 2.24) is 15.5 Å². The fourth-order valence-corrected chi connectivity index (χ4v) is 3.69. The van der Waals surface area contributed by atoms with Gasteiger partial charge in [-0.3, -0.25) is 9.89 Å². The van der Waals surface area contributed by atoms with Gasteiger partial charge in [0.15, 0.2) is 5.96 Å². The van der Waals surface area contributed by atoms with Gasteiger partial charge < -0.3 is 15.4 Å². The summed E-state index contributed by atoms with van der Waals surface area (Å²) < 4.78 is 5.48. The molecule has 1 saturated carbocycles. The molecule has 1 heterocycles. The van der Waals surface area contributed by atoms with Crippen LogP contribution < -0.4 is 10.6 Å². The lowest BCUT2D eigenvalue weighted by atomic mass is 9.96.